The van der Waals surface area contributed by atoms with E-state index in [-0.39, 0.29) is 30.3 Å². The van der Waals surface area contributed by atoms with E-state index in [0.29, 0.717) is 41.2 Å². The molecule has 12 heteroatoms. The summed E-state index contributed by atoms with van der Waals surface area (Å²) < 4.78 is 95.7. The maximum Gasteiger partial charge on any atom is 0.416 e. The Labute approximate surface area is 251 Å². The first kappa shape index (κ1) is 33.2. The number of rotatable bonds is 7. The second-order valence-electron chi connectivity index (χ2n) is 11.9. The molecule has 1 N–H and O–H groups in total. The van der Waals surface area contributed by atoms with Crippen LogP contribution >= 0.6 is 0 Å². The van der Waals surface area contributed by atoms with Gasteiger partial charge in [0.05, 0.1) is 28.4 Å². The highest BCUT2D eigenvalue weighted by Crippen LogP contribution is 2.42. The third-order valence-electron chi connectivity index (χ3n) is 8.40. The second kappa shape index (κ2) is 12.0. The van der Waals surface area contributed by atoms with E-state index in [4.69, 9.17) is 0 Å². The summed E-state index contributed by atoms with van der Waals surface area (Å²) in [6.45, 7) is 6.77. The van der Waals surface area contributed by atoms with E-state index in [9.17, 15) is 40.6 Å². The fraction of sp³-hybridized carbons (Fsp3) is 0.438. The molecule has 1 amide bonds. The zero-order valence-electron chi connectivity index (χ0n) is 24.9. The van der Waals surface area contributed by atoms with Gasteiger partial charge >= 0.3 is 12.4 Å². The van der Waals surface area contributed by atoms with Gasteiger partial charge in [-0.2, -0.15) is 26.3 Å². The fourth-order valence-corrected chi connectivity index (χ4v) is 5.76. The van der Waals surface area contributed by atoms with Gasteiger partial charge in [-0.25, -0.2) is 9.37 Å². The van der Waals surface area contributed by atoms with Crippen molar-refractivity contribution >= 4 is 17.4 Å². The van der Waals surface area contributed by atoms with Gasteiger partial charge in [0.25, 0.3) is 0 Å². The van der Waals surface area contributed by atoms with Gasteiger partial charge in [0.1, 0.15) is 11.6 Å². The molecule has 4 rings (SSSR count). The van der Waals surface area contributed by atoms with Gasteiger partial charge in [0.15, 0.2) is 0 Å². The number of hydrogen-bond acceptors (Lipinski definition) is 4. The Kier molecular flexibility index (Phi) is 9.08. The number of likely N-dealkylation sites (N-methyl/N-ethyl adjacent to an activating group) is 1. The SMILES string of the molecule is Cc1cc(F)ccc1-c1cc(N2CCCC2C(C)CO)ncc1N(C)C(=O)C(C)(C)c1cc(C(F)(F)F)cc(C(F)(F)F)c1. The maximum atomic E-state index is 14.1. The average molecular weight is 626 g/mol. The number of nitrogens with zero attached hydrogens (tertiary/aromatic N) is 3. The number of benzene rings is 2. The molecule has 3 aromatic rings. The molecule has 2 atom stereocenters. The van der Waals surface area contributed by atoms with Crippen LogP contribution in [-0.2, 0) is 22.6 Å². The fourth-order valence-electron chi connectivity index (χ4n) is 5.76. The molecule has 0 radical (unpaired) electrons. The molecule has 1 fully saturated rings. The molecule has 1 saturated heterocycles. The van der Waals surface area contributed by atoms with Crippen molar-refractivity contribution in [1.82, 2.24) is 4.98 Å². The van der Waals surface area contributed by atoms with Crippen LogP contribution in [0.3, 0.4) is 0 Å². The van der Waals surface area contributed by atoms with Crippen LogP contribution in [0.25, 0.3) is 11.1 Å². The first-order valence-electron chi connectivity index (χ1n) is 14.1. The molecule has 1 aliphatic rings. The van der Waals surface area contributed by atoms with Gasteiger partial charge in [-0.05, 0) is 92.6 Å². The molecule has 0 saturated carbocycles. The monoisotopic (exact) mass is 625 g/mol. The molecule has 2 aromatic carbocycles. The highest BCUT2D eigenvalue weighted by molar-refractivity contribution is 6.03. The second-order valence-corrected chi connectivity index (χ2v) is 11.9. The number of carbonyl (C=O) groups is 1. The van der Waals surface area contributed by atoms with E-state index in [0.717, 1.165) is 17.7 Å². The molecule has 5 nitrogen and oxygen atoms in total. The van der Waals surface area contributed by atoms with Crippen molar-refractivity contribution in [3.63, 3.8) is 0 Å². The van der Waals surface area contributed by atoms with E-state index >= 15 is 0 Å². The van der Waals surface area contributed by atoms with Gasteiger partial charge in [-0.3, -0.25) is 4.79 Å². The lowest BCUT2D eigenvalue weighted by atomic mass is 9.81. The normalized spacial score (nSPS) is 16.8. The van der Waals surface area contributed by atoms with Crippen LogP contribution in [0.1, 0.15) is 55.9 Å². The molecule has 0 aliphatic carbocycles. The van der Waals surface area contributed by atoms with E-state index in [1.54, 1.807) is 13.0 Å². The highest BCUT2D eigenvalue weighted by atomic mass is 19.4. The predicted octanol–water partition coefficient (Wildman–Crippen LogP) is 7.77. The molecule has 0 bridgehead atoms. The third kappa shape index (κ3) is 6.55. The van der Waals surface area contributed by atoms with E-state index in [1.165, 1.54) is 45.3 Å². The first-order chi connectivity index (χ1) is 20.4. The smallest absolute Gasteiger partial charge is 0.396 e. The molecule has 1 aliphatic heterocycles. The van der Waals surface area contributed by atoms with Crippen LogP contribution in [0.5, 0.6) is 0 Å². The summed E-state index contributed by atoms with van der Waals surface area (Å²) in [5.41, 5.74) is -3.52. The van der Waals surface area contributed by atoms with Crippen molar-refractivity contribution in [2.45, 2.75) is 64.3 Å². The number of aliphatic hydroxyl groups is 1. The molecule has 2 heterocycles. The Balaban J connectivity index is 1.83. The summed E-state index contributed by atoms with van der Waals surface area (Å²) in [4.78, 5) is 21.8. The zero-order chi connectivity index (χ0) is 32.8. The number of carbonyl (C=O) groups excluding carboxylic acids is 1. The van der Waals surface area contributed by atoms with Gasteiger partial charge in [-0.15, -0.1) is 0 Å². The predicted molar refractivity (Wildman–Crippen MR) is 154 cm³/mol. The Hall–Kier alpha value is -3.67. The van der Waals surface area contributed by atoms with Crippen molar-refractivity contribution in [3.05, 3.63) is 76.7 Å². The van der Waals surface area contributed by atoms with Crippen LogP contribution in [0.15, 0.2) is 48.7 Å². The van der Waals surface area contributed by atoms with Gasteiger partial charge < -0.3 is 14.9 Å². The standard InChI is InChI=1S/C32H34F7N3O2/c1-18-11-23(33)8-9-24(18)25-15-28(42-10-6-7-26(42)19(2)17-43)40-16-27(25)41(5)29(44)30(3,4)20-12-21(31(34,35)36)14-22(13-20)32(37,38)39/h8-9,11-16,19,26,43H,6-7,10,17H2,1-5H3. The summed E-state index contributed by atoms with van der Waals surface area (Å²) in [5, 5.41) is 9.77. The van der Waals surface area contributed by atoms with E-state index < -0.39 is 46.2 Å². The van der Waals surface area contributed by atoms with Crippen LogP contribution in [0.4, 0.5) is 42.2 Å². The minimum Gasteiger partial charge on any atom is -0.396 e. The topological polar surface area (TPSA) is 56.7 Å². The van der Waals surface area contributed by atoms with E-state index in [1.807, 2.05) is 6.92 Å². The largest absolute Gasteiger partial charge is 0.416 e. The highest BCUT2D eigenvalue weighted by Gasteiger charge is 2.41. The number of anilines is 2. The Morgan fingerprint density at radius 2 is 1.59 bits per heavy atom. The molecule has 0 spiro atoms. The lowest BCUT2D eigenvalue weighted by Gasteiger charge is -2.33. The zero-order valence-corrected chi connectivity index (χ0v) is 24.9. The van der Waals surface area contributed by atoms with Crippen molar-refractivity contribution in [3.8, 4) is 11.1 Å². The summed E-state index contributed by atoms with van der Waals surface area (Å²) in [5.74, 6) is -0.750. The van der Waals surface area contributed by atoms with Crippen molar-refractivity contribution < 1.29 is 40.6 Å². The first-order valence-corrected chi connectivity index (χ1v) is 14.1. The summed E-state index contributed by atoms with van der Waals surface area (Å²) in [7, 11) is 1.37. The number of amides is 1. The van der Waals surface area contributed by atoms with Crippen molar-refractivity contribution in [2.24, 2.45) is 5.92 Å². The third-order valence-corrected chi connectivity index (χ3v) is 8.40. The Morgan fingerprint density at radius 3 is 2.14 bits per heavy atom. The summed E-state index contributed by atoms with van der Waals surface area (Å²) in [6, 6.07) is 6.99. The number of hydrogen-bond donors (Lipinski definition) is 1. The van der Waals surface area contributed by atoms with Crippen molar-refractivity contribution in [1.29, 1.82) is 0 Å². The molecule has 238 valence electrons. The van der Waals surface area contributed by atoms with Crippen molar-refractivity contribution in [2.75, 3.05) is 30.0 Å². The summed E-state index contributed by atoms with van der Waals surface area (Å²) in [6.07, 6.45) is -7.02. The van der Waals surface area contributed by atoms with Crippen LogP contribution in [-0.4, -0.2) is 42.2 Å². The Bertz CT molecular complexity index is 1500. The Morgan fingerprint density at radius 1 is 1.00 bits per heavy atom. The summed E-state index contributed by atoms with van der Waals surface area (Å²) >= 11 is 0. The number of alkyl halides is 6. The van der Waals surface area contributed by atoms with Gasteiger partial charge in [0, 0.05) is 31.8 Å². The molecule has 2 unspecified atom stereocenters. The lowest BCUT2D eigenvalue weighted by Crippen LogP contribution is -2.42. The molecular weight excluding hydrogens is 591 g/mol. The van der Waals surface area contributed by atoms with Crippen LogP contribution < -0.4 is 9.80 Å². The maximum absolute atomic E-state index is 14.1. The van der Waals surface area contributed by atoms with Gasteiger partial charge in [0.2, 0.25) is 5.91 Å². The van der Waals surface area contributed by atoms with Crippen LogP contribution in [0, 0.1) is 18.7 Å². The van der Waals surface area contributed by atoms with Crippen LogP contribution in [0.2, 0.25) is 0 Å². The quantitative estimate of drug-likeness (QED) is 0.273. The number of pyridine rings is 1. The number of aromatic nitrogens is 1. The van der Waals surface area contributed by atoms with Gasteiger partial charge in [-0.1, -0.05) is 13.0 Å². The number of aliphatic hydroxyl groups excluding tert-OH is 1. The number of aryl methyl sites for hydroxylation is 1. The number of halogens is 7. The minimum absolute atomic E-state index is 0.00236. The molecule has 44 heavy (non-hydrogen) atoms. The lowest BCUT2D eigenvalue weighted by molar-refractivity contribution is -0.143. The molecular formula is C32H34F7N3O2. The molecule has 1 aromatic heterocycles. The minimum atomic E-state index is -5.07. The average Bonchev–Trinajstić information content (AvgIpc) is 3.45. The van der Waals surface area contributed by atoms with E-state index in [2.05, 4.69) is 9.88 Å².